The molecule has 0 atom stereocenters. The molecule has 9 heteroatoms. The topological polar surface area (TPSA) is 44.0 Å². The zero-order valence-electron chi connectivity index (χ0n) is 17.2. The Kier molecular flexibility index (Phi) is 6.52. The highest BCUT2D eigenvalue weighted by atomic mass is 32.2. The van der Waals surface area contributed by atoms with Crippen molar-refractivity contribution in [3.8, 4) is 0 Å². The normalized spacial score (nSPS) is 12.3. The molecular formula is C21H23F3N2O2S2. The SMILES string of the molecule is CCSc1c(Cc2ccccc2C(F)(F)F)sc2c1c(=O)n(C)c(=O)n2CC(C)C. The number of hydrogen-bond donors (Lipinski definition) is 0. The van der Waals surface area contributed by atoms with Crippen LogP contribution in [-0.2, 0) is 26.2 Å². The number of thioether (sulfide) groups is 1. The van der Waals surface area contributed by atoms with E-state index >= 15 is 0 Å². The van der Waals surface area contributed by atoms with Gasteiger partial charge < -0.3 is 0 Å². The van der Waals surface area contributed by atoms with Crippen LogP contribution in [0.5, 0.6) is 0 Å². The van der Waals surface area contributed by atoms with Crippen LogP contribution in [0.3, 0.4) is 0 Å². The zero-order valence-corrected chi connectivity index (χ0v) is 18.8. The molecule has 0 unspecified atom stereocenters. The fourth-order valence-corrected chi connectivity index (χ4v) is 5.84. The van der Waals surface area contributed by atoms with Crippen molar-refractivity contribution < 1.29 is 13.2 Å². The van der Waals surface area contributed by atoms with Crippen molar-refractivity contribution in [2.45, 2.75) is 44.8 Å². The minimum absolute atomic E-state index is 0.0520. The fourth-order valence-electron chi connectivity index (χ4n) is 3.42. The molecule has 0 N–H and O–H groups in total. The molecule has 30 heavy (non-hydrogen) atoms. The number of hydrogen-bond acceptors (Lipinski definition) is 4. The smallest absolute Gasteiger partial charge is 0.284 e. The summed E-state index contributed by atoms with van der Waals surface area (Å²) in [6.07, 6.45) is -4.41. The summed E-state index contributed by atoms with van der Waals surface area (Å²) in [5.41, 5.74) is -1.33. The van der Waals surface area contributed by atoms with Gasteiger partial charge in [0, 0.05) is 29.8 Å². The number of aromatic nitrogens is 2. The van der Waals surface area contributed by atoms with Gasteiger partial charge in [-0.05, 0) is 23.3 Å². The first kappa shape index (κ1) is 22.7. The highest BCUT2D eigenvalue weighted by Gasteiger charge is 2.33. The van der Waals surface area contributed by atoms with Crippen LogP contribution < -0.4 is 11.2 Å². The monoisotopic (exact) mass is 456 g/mol. The highest BCUT2D eigenvalue weighted by Crippen LogP contribution is 2.40. The van der Waals surface area contributed by atoms with Gasteiger partial charge in [0.05, 0.1) is 10.9 Å². The van der Waals surface area contributed by atoms with Crippen LogP contribution in [0.2, 0.25) is 0 Å². The van der Waals surface area contributed by atoms with Crippen LogP contribution in [-0.4, -0.2) is 14.9 Å². The van der Waals surface area contributed by atoms with Crippen molar-refractivity contribution in [1.29, 1.82) is 0 Å². The standard InChI is InChI=1S/C21H23F3N2O2S2/c1-5-29-17-15(10-13-8-6-7-9-14(13)21(22,23)24)30-19-16(17)18(27)25(4)20(28)26(19)11-12(2)3/h6-9,12H,5,10-11H2,1-4H3. The van der Waals surface area contributed by atoms with E-state index in [1.165, 1.54) is 42.3 Å². The van der Waals surface area contributed by atoms with E-state index in [1.54, 1.807) is 10.6 Å². The second kappa shape index (κ2) is 8.63. The van der Waals surface area contributed by atoms with Gasteiger partial charge in [0.1, 0.15) is 4.83 Å². The average Bonchev–Trinajstić information content (AvgIpc) is 3.01. The van der Waals surface area contributed by atoms with Crippen LogP contribution in [0.4, 0.5) is 13.2 Å². The predicted molar refractivity (Wildman–Crippen MR) is 117 cm³/mol. The molecule has 0 amide bonds. The van der Waals surface area contributed by atoms with Gasteiger partial charge in [0.2, 0.25) is 0 Å². The molecule has 0 radical (unpaired) electrons. The Morgan fingerprint density at radius 2 is 1.83 bits per heavy atom. The molecule has 0 aliphatic carbocycles. The number of nitrogens with zero attached hydrogens (tertiary/aromatic N) is 2. The summed E-state index contributed by atoms with van der Waals surface area (Å²) in [6.45, 7) is 6.30. The first-order chi connectivity index (χ1) is 14.1. The van der Waals surface area contributed by atoms with Crippen molar-refractivity contribution >= 4 is 33.3 Å². The van der Waals surface area contributed by atoms with Crippen molar-refractivity contribution in [2.24, 2.45) is 13.0 Å². The summed E-state index contributed by atoms with van der Waals surface area (Å²) in [6, 6.07) is 5.49. The summed E-state index contributed by atoms with van der Waals surface area (Å²) in [4.78, 5) is 27.6. The largest absolute Gasteiger partial charge is 0.416 e. The molecule has 0 spiro atoms. The van der Waals surface area contributed by atoms with Gasteiger partial charge in [-0.2, -0.15) is 13.2 Å². The lowest BCUT2D eigenvalue weighted by atomic mass is 10.0. The van der Waals surface area contributed by atoms with Crippen LogP contribution >= 0.6 is 23.1 Å². The lowest BCUT2D eigenvalue weighted by Gasteiger charge is -2.12. The predicted octanol–water partition coefficient (Wildman–Crippen LogP) is 5.14. The lowest BCUT2D eigenvalue weighted by Crippen LogP contribution is -2.38. The van der Waals surface area contributed by atoms with Crippen molar-refractivity contribution in [3.05, 3.63) is 61.1 Å². The van der Waals surface area contributed by atoms with E-state index in [2.05, 4.69) is 0 Å². The Morgan fingerprint density at radius 3 is 2.43 bits per heavy atom. The molecule has 2 heterocycles. The van der Waals surface area contributed by atoms with Gasteiger partial charge in [-0.25, -0.2) is 4.79 Å². The average molecular weight is 457 g/mol. The third-order valence-corrected chi connectivity index (χ3v) is 7.08. The Morgan fingerprint density at radius 1 is 1.17 bits per heavy atom. The van der Waals surface area contributed by atoms with Crippen LogP contribution in [0, 0.1) is 5.92 Å². The Hall–Kier alpha value is -2.00. The van der Waals surface area contributed by atoms with Gasteiger partial charge >= 0.3 is 11.9 Å². The van der Waals surface area contributed by atoms with Gasteiger partial charge in [-0.15, -0.1) is 23.1 Å². The first-order valence-electron chi connectivity index (χ1n) is 9.59. The number of alkyl halides is 3. The van der Waals surface area contributed by atoms with E-state index in [0.717, 1.165) is 10.6 Å². The molecule has 0 saturated heterocycles. The van der Waals surface area contributed by atoms with Crippen LogP contribution in [0.25, 0.3) is 10.2 Å². The minimum Gasteiger partial charge on any atom is -0.284 e. The number of fused-ring (bicyclic) bond motifs is 1. The van der Waals surface area contributed by atoms with Crippen LogP contribution in [0.15, 0.2) is 38.8 Å². The maximum absolute atomic E-state index is 13.5. The number of rotatable bonds is 6. The van der Waals surface area contributed by atoms with E-state index in [4.69, 9.17) is 0 Å². The molecule has 0 fully saturated rings. The molecule has 0 aliphatic rings. The molecule has 3 aromatic rings. The second-order valence-corrected chi connectivity index (χ2v) is 9.81. The van der Waals surface area contributed by atoms with Crippen LogP contribution in [0.1, 0.15) is 36.8 Å². The summed E-state index contributed by atoms with van der Waals surface area (Å²) in [5.74, 6) is 0.828. The molecule has 0 saturated carbocycles. The summed E-state index contributed by atoms with van der Waals surface area (Å²) in [7, 11) is 1.44. The van der Waals surface area contributed by atoms with E-state index in [9.17, 15) is 22.8 Å². The van der Waals surface area contributed by atoms with E-state index in [0.29, 0.717) is 32.3 Å². The molecule has 0 aliphatic heterocycles. The summed E-state index contributed by atoms with van der Waals surface area (Å²) < 4.78 is 43.1. The van der Waals surface area contributed by atoms with Crippen molar-refractivity contribution in [1.82, 2.24) is 9.13 Å². The zero-order chi connectivity index (χ0) is 22.2. The quantitative estimate of drug-likeness (QED) is 0.483. The minimum atomic E-state index is -4.46. The third kappa shape index (κ3) is 4.23. The van der Waals surface area contributed by atoms with Gasteiger partial charge in [0.15, 0.2) is 0 Å². The molecule has 0 bridgehead atoms. The molecule has 3 rings (SSSR count). The Bertz CT molecular complexity index is 1190. The third-order valence-electron chi connectivity index (χ3n) is 4.71. The van der Waals surface area contributed by atoms with E-state index in [-0.39, 0.29) is 17.9 Å². The summed E-state index contributed by atoms with van der Waals surface area (Å²) >= 11 is 2.67. The number of thiophene rings is 1. The second-order valence-electron chi connectivity index (χ2n) is 7.45. The Balaban J connectivity index is 2.29. The molecular weight excluding hydrogens is 433 g/mol. The summed E-state index contributed by atoms with van der Waals surface area (Å²) in [5, 5.41) is 0.425. The lowest BCUT2D eigenvalue weighted by molar-refractivity contribution is -0.138. The number of benzene rings is 1. The maximum Gasteiger partial charge on any atom is 0.416 e. The molecule has 4 nitrogen and oxygen atoms in total. The van der Waals surface area contributed by atoms with E-state index in [1.807, 2.05) is 20.8 Å². The number of halogens is 3. The molecule has 162 valence electrons. The molecule has 1 aromatic carbocycles. The van der Waals surface area contributed by atoms with E-state index < -0.39 is 23.0 Å². The molecule has 2 aromatic heterocycles. The Labute approximate surface area is 180 Å². The van der Waals surface area contributed by atoms with Gasteiger partial charge in [-0.1, -0.05) is 39.0 Å². The fraction of sp³-hybridized carbons (Fsp3) is 0.429. The van der Waals surface area contributed by atoms with Crippen molar-refractivity contribution in [3.63, 3.8) is 0 Å². The van der Waals surface area contributed by atoms with Crippen molar-refractivity contribution in [2.75, 3.05) is 5.75 Å². The van der Waals surface area contributed by atoms with Gasteiger partial charge in [0.25, 0.3) is 5.56 Å². The highest BCUT2D eigenvalue weighted by molar-refractivity contribution is 7.99. The first-order valence-corrected chi connectivity index (χ1v) is 11.4. The maximum atomic E-state index is 13.5. The van der Waals surface area contributed by atoms with Gasteiger partial charge in [-0.3, -0.25) is 13.9 Å².